The van der Waals surface area contributed by atoms with Crippen LogP contribution < -0.4 is 9.86 Å². The van der Waals surface area contributed by atoms with Crippen molar-refractivity contribution in [2.24, 2.45) is 7.05 Å². The van der Waals surface area contributed by atoms with E-state index < -0.39 is 10.0 Å². The second-order valence-electron chi connectivity index (χ2n) is 5.79. The molecule has 3 heterocycles. The number of para-hydroxylation sites is 1. The molecule has 0 aliphatic carbocycles. The SMILES string of the molecule is Cn1nc(-c2csc(S(=O)(=O)N3CCc4ccccc43)c2)ccc1=O. The molecule has 25 heavy (non-hydrogen) atoms. The van der Waals surface area contributed by atoms with E-state index in [0.717, 1.165) is 17.7 Å². The molecule has 128 valence electrons. The molecule has 0 fully saturated rings. The highest BCUT2D eigenvalue weighted by molar-refractivity contribution is 7.94. The number of rotatable bonds is 3. The maximum absolute atomic E-state index is 13.0. The van der Waals surface area contributed by atoms with Crippen LogP contribution in [-0.2, 0) is 23.5 Å². The summed E-state index contributed by atoms with van der Waals surface area (Å²) in [7, 11) is -2.04. The molecule has 8 heteroatoms. The van der Waals surface area contributed by atoms with Gasteiger partial charge in [0, 0.05) is 30.6 Å². The highest BCUT2D eigenvalue weighted by atomic mass is 32.2. The highest BCUT2D eigenvalue weighted by Gasteiger charge is 2.31. The number of aryl methyl sites for hydroxylation is 1. The zero-order chi connectivity index (χ0) is 17.6. The Hall–Kier alpha value is -2.45. The molecule has 6 nitrogen and oxygen atoms in total. The second-order valence-corrected chi connectivity index (χ2v) is 8.79. The van der Waals surface area contributed by atoms with E-state index in [1.807, 2.05) is 24.3 Å². The van der Waals surface area contributed by atoms with Crippen LogP contribution in [0.25, 0.3) is 11.3 Å². The third kappa shape index (κ3) is 2.67. The maximum Gasteiger partial charge on any atom is 0.273 e. The first-order valence-electron chi connectivity index (χ1n) is 7.71. The van der Waals surface area contributed by atoms with Crippen LogP contribution >= 0.6 is 11.3 Å². The van der Waals surface area contributed by atoms with Crippen molar-refractivity contribution in [3.63, 3.8) is 0 Å². The lowest BCUT2D eigenvalue weighted by Crippen LogP contribution is -2.28. The first-order valence-corrected chi connectivity index (χ1v) is 10.0. The number of thiophene rings is 1. The minimum absolute atomic E-state index is 0.208. The predicted molar refractivity (Wildman–Crippen MR) is 97.5 cm³/mol. The molecule has 0 saturated heterocycles. The highest BCUT2D eigenvalue weighted by Crippen LogP contribution is 2.35. The number of fused-ring (bicyclic) bond motifs is 1. The largest absolute Gasteiger partial charge is 0.273 e. The Kier molecular flexibility index (Phi) is 3.73. The van der Waals surface area contributed by atoms with Crippen LogP contribution in [0.5, 0.6) is 0 Å². The molecule has 0 radical (unpaired) electrons. The zero-order valence-electron chi connectivity index (χ0n) is 13.4. The molecule has 0 saturated carbocycles. The van der Waals surface area contributed by atoms with Crippen LogP contribution in [0.15, 0.2) is 56.8 Å². The van der Waals surface area contributed by atoms with Gasteiger partial charge >= 0.3 is 0 Å². The molecule has 3 aromatic rings. The Bertz CT molecular complexity index is 1120. The van der Waals surface area contributed by atoms with Crippen molar-refractivity contribution in [2.45, 2.75) is 10.6 Å². The van der Waals surface area contributed by atoms with Crippen molar-refractivity contribution in [2.75, 3.05) is 10.8 Å². The standard InChI is InChI=1S/C17H15N3O3S2/c1-19-16(21)7-6-14(18-19)13-10-17(24-11-13)25(22,23)20-9-8-12-4-2-3-5-15(12)20/h2-7,10-11H,8-9H2,1H3. The summed E-state index contributed by atoms with van der Waals surface area (Å²) < 4.78 is 29.0. The molecule has 0 amide bonds. The number of aromatic nitrogens is 2. The van der Waals surface area contributed by atoms with E-state index in [1.165, 1.54) is 26.4 Å². The fourth-order valence-corrected chi connectivity index (χ4v) is 5.70. The van der Waals surface area contributed by atoms with Crippen LogP contribution in [0, 0.1) is 0 Å². The van der Waals surface area contributed by atoms with Crippen molar-refractivity contribution in [3.05, 3.63) is 63.8 Å². The Morgan fingerprint density at radius 3 is 2.76 bits per heavy atom. The minimum atomic E-state index is -3.60. The summed E-state index contributed by atoms with van der Waals surface area (Å²) in [4.78, 5) is 11.5. The lowest BCUT2D eigenvalue weighted by Gasteiger charge is -2.18. The number of hydrogen-bond acceptors (Lipinski definition) is 5. The molecule has 0 N–H and O–H groups in total. The van der Waals surface area contributed by atoms with Crippen LogP contribution in [0.3, 0.4) is 0 Å². The van der Waals surface area contributed by atoms with Crippen LogP contribution in [0.1, 0.15) is 5.56 Å². The van der Waals surface area contributed by atoms with Gasteiger partial charge in [0.1, 0.15) is 4.21 Å². The van der Waals surface area contributed by atoms with E-state index in [1.54, 1.807) is 24.6 Å². The average molecular weight is 373 g/mol. The normalized spacial score (nSPS) is 13.9. The second kappa shape index (κ2) is 5.82. The van der Waals surface area contributed by atoms with E-state index in [9.17, 15) is 13.2 Å². The van der Waals surface area contributed by atoms with Crippen LogP contribution in [-0.4, -0.2) is 24.7 Å². The molecular formula is C17H15N3O3S2. The lowest BCUT2D eigenvalue weighted by atomic mass is 10.2. The van der Waals surface area contributed by atoms with Gasteiger partial charge in [-0.2, -0.15) is 5.10 Å². The Morgan fingerprint density at radius 1 is 1.16 bits per heavy atom. The van der Waals surface area contributed by atoms with Gasteiger partial charge in [0.05, 0.1) is 11.4 Å². The maximum atomic E-state index is 13.0. The summed E-state index contributed by atoms with van der Waals surface area (Å²) in [6, 6.07) is 12.2. The summed E-state index contributed by atoms with van der Waals surface area (Å²) in [6.07, 6.45) is 0.718. The number of hydrogen-bond donors (Lipinski definition) is 0. The molecular weight excluding hydrogens is 358 g/mol. The van der Waals surface area contributed by atoms with Crippen molar-refractivity contribution in [3.8, 4) is 11.3 Å². The number of sulfonamides is 1. The van der Waals surface area contributed by atoms with E-state index in [-0.39, 0.29) is 9.77 Å². The van der Waals surface area contributed by atoms with E-state index in [0.29, 0.717) is 17.8 Å². The Morgan fingerprint density at radius 2 is 1.96 bits per heavy atom. The topological polar surface area (TPSA) is 72.3 Å². The van der Waals surface area contributed by atoms with Gasteiger partial charge < -0.3 is 0 Å². The molecule has 2 aromatic heterocycles. The summed E-state index contributed by atoms with van der Waals surface area (Å²) in [6.45, 7) is 0.451. The van der Waals surface area contributed by atoms with Crippen LogP contribution in [0.2, 0.25) is 0 Å². The van der Waals surface area contributed by atoms with E-state index in [4.69, 9.17) is 0 Å². The van der Waals surface area contributed by atoms with Crippen molar-refractivity contribution >= 4 is 27.0 Å². The fourth-order valence-electron chi connectivity index (χ4n) is 2.91. The molecule has 0 spiro atoms. The smallest absolute Gasteiger partial charge is 0.268 e. The van der Waals surface area contributed by atoms with Gasteiger partial charge in [-0.25, -0.2) is 13.1 Å². The van der Waals surface area contributed by atoms with Crippen molar-refractivity contribution in [1.82, 2.24) is 9.78 Å². The van der Waals surface area contributed by atoms with Gasteiger partial charge in [-0.15, -0.1) is 11.3 Å². The number of nitrogens with zero attached hydrogens (tertiary/aromatic N) is 3. The van der Waals surface area contributed by atoms with Gasteiger partial charge in [0.25, 0.3) is 15.6 Å². The molecule has 1 aliphatic rings. The summed E-state index contributed by atoms with van der Waals surface area (Å²) in [5, 5.41) is 5.93. The average Bonchev–Trinajstić information content (AvgIpc) is 3.24. The quantitative estimate of drug-likeness (QED) is 0.706. The van der Waals surface area contributed by atoms with Gasteiger partial charge in [-0.3, -0.25) is 9.10 Å². The van der Waals surface area contributed by atoms with Gasteiger partial charge in [0.2, 0.25) is 0 Å². The summed E-state index contributed by atoms with van der Waals surface area (Å²) >= 11 is 1.17. The van der Waals surface area contributed by atoms with E-state index >= 15 is 0 Å². The Labute approximate surface area is 149 Å². The Balaban J connectivity index is 1.72. The lowest BCUT2D eigenvalue weighted by molar-refractivity contribution is 0.594. The zero-order valence-corrected chi connectivity index (χ0v) is 15.0. The molecule has 0 unspecified atom stereocenters. The van der Waals surface area contributed by atoms with Gasteiger partial charge in [-0.1, -0.05) is 18.2 Å². The fraction of sp³-hybridized carbons (Fsp3) is 0.176. The van der Waals surface area contributed by atoms with Gasteiger partial charge in [-0.05, 0) is 30.2 Å². The van der Waals surface area contributed by atoms with Crippen molar-refractivity contribution < 1.29 is 8.42 Å². The molecule has 1 aliphatic heterocycles. The summed E-state index contributed by atoms with van der Waals surface area (Å²) in [5.74, 6) is 0. The molecule has 0 bridgehead atoms. The number of anilines is 1. The van der Waals surface area contributed by atoms with E-state index in [2.05, 4.69) is 5.10 Å². The third-order valence-electron chi connectivity index (χ3n) is 4.22. The summed E-state index contributed by atoms with van der Waals surface area (Å²) in [5.41, 5.74) is 2.84. The number of benzene rings is 1. The van der Waals surface area contributed by atoms with Crippen molar-refractivity contribution in [1.29, 1.82) is 0 Å². The minimum Gasteiger partial charge on any atom is -0.268 e. The predicted octanol–water partition coefficient (Wildman–Crippen LogP) is 2.26. The van der Waals surface area contributed by atoms with Gasteiger partial charge in [0.15, 0.2) is 0 Å². The molecule has 1 aromatic carbocycles. The first kappa shape index (κ1) is 16.0. The molecule has 0 atom stereocenters. The molecule has 4 rings (SSSR count). The monoisotopic (exact) mass is 373 g/mol. The first-order chi connectivity index (χ1) is 12.0. The third-order valence-corrected chi connectivity index (χ3v) is 7.45. The van der Waals surface area contributed by atoms with Crippen LogP contribution in [0.4, 0.5) is 5.69 Å².